The summed E-state index contributed by atoms with van der Waals surface area (Å²) >= 11 is 5.60. The number of carbonyl (C=O) groups is 2. The van der Waals surface area contributed by atoms with Gasteiger partial charge in [-0.05, 0) is 39.0 Å². The lowest BCUT2D eigenvalue weighted by molar-refractivity contribution is 0.0233. The molecule has 0 fully saturated rings. The number of aromatic amines is 1. The molecule has 0 bridgehead atoms. The maximum Gasteiger partial charge on any atom is 0.410 e. The molecule has 1 amide bonds. The van der Waals surface area contributed by atoms with E-state index in [9.17, 15) is 9.59 Å². The van der Waals surface area contributed by atoms with Gasteiger partial charge < -0.3 is 9.72 Å². The van der Waals surface area contributed by atoms with Gasteiger partial charge in [0.25, 0.3) is 0 Å². The van der Waals surface area contributed by atoms with Crippen LogP contribution in [0.5, 0.6) is 0 Å². The van der Waals surface area contributed by atoms with Gasteiger partial charge in [0.15, 0.2) is 5.78 Å². The predicted molar refractivity (Wildman–Crippen MR) is 101 cm³/mol. The Morgan fingerprint density at radius 1 is 1.38 bits per heavy atom. The number of ketones is 1. The highest BCUT2D eigenvalue weighted by molar-refractivity contribution is 6.30. The van der Waals surface area contributed by atoms with Crippen LogP contribution in [0.4, 0.5) is 4.79 Å². The van der Waals surface area contributed by atoms with E-state index in [-0.39, 0.29) is 18.2 Å². The van der Waals surface area contributed by atoms with Crippen LogP contribution < -0.4 is 0 Å². The zero-order valence-electron chi connectivity index (χ0n) is 15.1. The molecule has 138 valence electrons. The number of carbonyl (C=O) groups excluding carboxylic acids is 2. The second-order valence-corrected chi connectivity index (χ2v) is 7.10. The van der Waals surface area contributed by atoms with Crippen molar-refractivity contribution in [3.8, 4) is 12.3 Å². The van der Waals surface area contributed by atoms with Crippen LogP contribution >= 0.6 is 11.6 Å². The maximum atomic E-state index is 12.4. The number of benzene rings is 1. The van der Waals surface area contributed by atoms with E-state index in [0.29, 0.717) is 35.4 Å². The number of Topliss-reactive ketones (excluding diaryl/α,β-unsaturated/α-hetero) is 1. The summed E-state index contributed by atoms with van der Waals surface area (Å²) in [5, 5.41) is 0. The second-order valence-electron chi connectivity index (χ2n) is 6.83. The van der Waals surface area contributed by atoms with Gasteiger partial charge in [0.2, 0.25) is 0 Å². The number of hydrogen-bond acceptors (Lipinski definition) is 4. The Balaban J connectivity index is 2.22. The summed E-state index contributed by atoms with van der Waals surface area (Å²) < 4.78 is 5.43. The average molecular weight is 376 g/mol. The SMILES string of the molecule is C#CCCN(Cc1nc2ccc(C(=O)CCl)cc2[nH]1)C(=O)OC(C)(C)C. The van der Waals surface area contributed by atoms with Crippen LogP contribution in [0.2, 0.25) is 0 Å². The van der Waals surface area contributed by atoms with Crippen molar-refractivity contribution in [2.45, 2.75) is 39.3 Å². The van der Waals surface area contributed by atoms with Gasteiger partial charge >= 0.3 is 6.09 Å². The number of ether oxygens (including phenoxy) is 1. The zero-order chi connectivity index (χ0) is 19.3. The van der Waals surface area contributed by atoms with Crippen molar-refractivity contribution >= 4 is 34.5 Å². The van der Waals surface area contributed by atoms with E-state index in [2.05, 4.69) is 15.9 Å². The lowest BCUT2D eigenvalue weighted by Gasteiger charge is -2.26. The summed E-state index contributed by atoms with van der Waals surface area (Å²) in [5.74, 6) is 2.87. The Hall–Kier alpha value is -2.52. The fourth-order valence-corrected chi connectivity index (χ4v) is 2.48. The van der Waals surface area contributed by atoms with E-state index in [1.807, 2.05) is 0 Å². The summed E-state index contributed by atoms with van der Waals surface area (Å²) in [7, 11) is 0. The van der Waals surface area contributed by atoms with Gasteiger partial charge in [0.05, 0.1) is 23.5 Å². The molecule has 0 radical (unpaired) electrons. The standard InChI is InChI=1S/C19H22ClN3O3/c1-5-6-9-23(18(25)26-19(2,3)4)12-17-21-14-8-7-13(16(24)11-20)10-15(14)22-17/h1,7-8,10H,6,9,11-12H2,2-4H3,(H,21,22). The molecular formula is C19H22ClN3O3. The molecule has 0 unspecified atom stereocenters. The van der Waals surface area contributed by atoms with Crippen molar-refractivity contribution < 1.29 is 14.3 Å². The van der Waals surface area contributed by atoms with Gasteiger partial charge in [-0.15, -0.1) is 23.9 Å². The van der Waals surface area contributed by atoms with Crippen LogP contribution in [0.1, 0.15) is 43.4 Å². The first-order valence-corrected chi connectivity index (χ1v) is 8.76. The Morgan fingerprint density at radius 2 is 2.12 bits per heavy atom. The van der Waals surface area contributed by atoms with Gasteiger partial charge in [0, 0.05) is 18.5 Å². The van der Waals surface area contributed by atoms with Crippen LogP contribution in [0.25, 0.3) is 11.0 Å². The van der Waals surface area contributed by atoms with Crippen molar-refractivity contribution in [3.05, 3.63) is 29.6 Å². The normalized spacial score (nSPS) is 11.2. The number of rotatable bonds is 6. The van der Waals surface area contributed by atoms with Crippen LogP contribution in [0.3, 0.4) is 0 Å². The quantitative estimate of drug-likeness (QED) is 0.474. The molecule has 0 aliphatic rings. The number of nitrogens with zero attached hydrogens (tertiary/aromatic N) is 2. The number of aromatic nitrogens is 2. The van der Waals surface area contributed by atoms with E-state index < -0.39 is 11.7 Å². The van der Waals surface area contributed by atoms with Gasteiger partial charge in [-0.3, -0.25) is 9.69 Å². The van der Waals surface area contributed by atoms with Crippen molar-refractivity contribution in [3.63, 3.8) is 0 Å². The third-order valence-corrected chi connectivity index (χ3v) is 3.74. The van der Waals surface area contributed by atoms with Crippen molar-refractivity contribution in [1.29, 1.82) is 0 Å². The molecule has 2 rings (SSSR count). The molecule has 1 heterocycles. The molecule has 6 nitrogen and oxygen atoms in total. The van der Waals surface area contributed by atoms with Crippen LogP contribution in [-0.4, -0.2) is 44.8 Å². The molecule has 2 aromatic rings. The molecule has 0 spiro atoms. The second kappa shape index (κ2) is 8.24. The zero-order valence-corrected chi connectivity index (χ0v) is 15.9. The van der Waals surface area contributed by atoms with Gasteiger partial charge in [0.1, 0.15) is 11.4 Å². The lowest BCUT2D eigenvalue weighted by Crippen LogP contribution is -2.37. The fraction of sp³-hybridized carbons (Fsp3) is 0.421. The van der Waals surface area contributed by atoms with Crippen molar-refractivity contribution in [1.82, 2.24) is 14.9 Å². The fourth-order valence-electron chi connectivity index (χ4n) is 2.33. The molecule has 0 saturated heterocycles. The number of terminal acetylenes is 1. The highest BCUT2D eigenvalue weighted by Crippen LogP contribution is 2.17. The largest absolute Gasteiger partial charge is 0.444 e. The van der Waals surface area contributed by atoms with E-state index in [1.54, 1.807) is 39.0 Å². The molecule has 7 heteroatoms. The molecule has 1 aromatic carbocycles. The Labute approximate surface area is 157 Å². The van der Waals surface area contributed by atoms with Crippen molar-refractivity contribution in [2.75, 3.05) is 12.4 Å². The Morgan fingerprint density at radius 3 is 2.73 bits per heavy atom. The number of halogens is 1. The molecule has 0 saturated carbocycles. The molecule has 0 atom stereocenters. The number of nitrogens with one attached hydrogen (secondary N) is 1. The molecular weight excluding hydrogens is 354 g/mol. The topological polar surface area (TPSA) is 75.3 Å². The van der Waals surface area contributed by atoms with E-state index in [0.717, 1.165) is 0 Å². The highest BCUT2D eigenvalue weighted by atomic mass is 35.5. The van der Waals surface area contributed by atoms with Gasteiger partial charge in [-0.1, -0.05) is 0 Å². The third-order valence-electron chi connectivity index (χ3n) is 3.49. The minimum atomic E-state index is -0.601. The Kier molecular flexibility index (Phi) is 6.27. The number of fused-ring (bicyclic) bond motifs is 1. The first-order valence-electron chi connectivity index (χ1n) is 8.22. The highest BCUT2D eigenvalue weighted by Gasteiger charge is 2.23. The van der Waals surface area contributed by atoms with E-state index >= 15 is 0 Å². The number of H-pyrrole nitrogens is 1. The maximum absolute atomic E-state index is 12.4. The van der Waals surface area contributed by atoms with Crippen LogP contribution in [0.15, 0.2) is 18.2 Å². The first-order chi connectivity index (χ1) is 12.2. The van der Waals surface area contributed by atoms with E-state index in [4.69, 9.17) is 22.8 Å². The van der Waals surface area contributed by atoms with Crippen molar-refractivity contribution in [2.24, 2.45) is 0 Å². The summed E-state index contributed by atoms with van der Waals surface area (Å²) in [6.07, 6.45) is 5.28. The molecule has 26 heavy (non-hydrogen) atoms. The van der Waals surface area contributed by atoms with Gasteiger partial charge in [-0.25, -0.2) is 9.78 Å². The minimum absolute atomic E-state index is 0.0784. The summed E-state index contributed by atoms with van der Waals surface area (Å²) in [6, 6.07) is 5.13. The summed E-state index contributed by atoms with van der Waals surface area (Å²) in [6.45, 7) is 6.01. The average Bonchev–Trinajstić information content (AvgIpc) is 2.97. The number of alkyl halides is 1. The van der Waals surface area contributed by atoms with E-state index in [1.165, 1.54) is 4.90 Å². The lowest BCUT2D eigenvalue weighted by atomic mass is 10.1. The summed E-state index contributed by atoms with van der Waals surface area (Å²) in [5.41, 5.74) is 1.32. The number of imidazole rings is 1. The smallest absolute Gasteiger partial charge is 0.410 e. The van der Waals surface area contributed by atoms with Crippen LogP contribution in [0, 0.1) is 12.3 Å². The summed E-state index contributed by atoms with van der Waals surface area (Å²) in [4.78, 5) is 33.2. The number of hydrogen-bond donors (Lipinski definition) is 1. The minimum Gasteiger partial charge on any atom is -0.444 e. The van der Waals surface area contributed by atoms with Crippen LogP contribution in [-0.2, 0) is 11.3 Å². The predicted octanol–water partition coefficient (Wildman–Crippen LogP) is 3.74. The molecule has 1 N–H and O–H groups in total. The molecule has 1 aromatic heterocycles. The monoisotopic (exact) mass is 375 g/mol. The number of amides is 1. The molecule has 0 aliphatic carbocycles. The Bertz CT molecular complexity index is 846. The first kappa shape index (κ1) is 19.8. The van der Waals surface area contributed by atoms with Gasteiger partial charge in [-0.2, -0.15) is 0 Å². The third kappa shape index (κ3) is 5.24. The molecule has 0 aliphatic heterocycles.